The lowest BCUT2D eigenvalue weighted by molar-refractivity contribution is 0.313. The lowest BCUT2D eigenvalue weighted by atomic mass is 9.85. The van der Waals surface area contributed by atoms with E-state index < -0.39 is 0 Å². The number of hydrogen-bond donors (Lipinski definition) is 1. The Balaban J connectivity index is 2.93. The summed E-state index contributed by atoms with van der Waals surface area (Å²) in [6.07, 6.45) is 1.11. The second kappa shape index (κ2) is 7.30. The van der Waals surface area contributed by atoms with E-state index in [1.165, 1.54) is 5.56 Å². The van der Waals surface area contributed by atoms with E-state index in [1.807, 2.05) is 6.92 Å². The molecule has 0 spiro atoms. The van der Waals surface area contributed by atoms with Crippen LogP contribution in [-0.4, -0.2) is 13.2 Å². The molecule has 3 heteroatoms. The van der Waals surface area contributed by atoms with E-state index in [0.29, 0.717) is 18.1 Å². The smallest absolute Gasteiger partial charge is 0.133 e. The summed E-state index contributed by atoms with van der Waals surface area (Å²) in [5, 5.41) is 3.57. The zero-order chi connectivity index (χ0) is 14.5. The van der Waals surface area contributed by atoms with Crippen molar-refractivity contribution < 1.29 is 4.74 Å². The van der Waals surface area contributed by atoms with Gasteiger partial charge >= 0.3 is 0 Å². The molecule has 0 heterocycles. The lowest BCUT2D eigenvalue weighted by Gasteiger charge is -2.27. The van der Waals surface area contributed by atoms with Crippen molar-refractivity contribution in [1.82, 2.24) is 5.32 Å². The van der Waals surface area contributed by atoms with Crippen LogP contribution < -0.4 is 10.1 Å². The Morgan fingerprint density at radius 1 is 1.26 bits per heavy atom. The first-order valence-corrected chi connectivity index (χ1v) is 7.82. The number of ether oxygens (including phenoxy) is 1. The Kier molecular flexibility index (Phi) is 6.34. The van der Waals surface area contributed by atoms with Crippen molar-refractivity contribution in [3.05, 3.63) is 28.2 Å². The van der Waals surface area contributed by atoms with Crippen molar-refractivity contribution in [3.8, 4) is 5.75 Å². The molecule has 1 unspecified atom stereocenters. The predicted octanol–water partition coefficient (Wildman–Crippen LogP) is 4.93. The molecule has 0 saturated heterocycles. The van der Waals surface area contributed by atoms with Gasteiger partial charge in [-0.2, -0.15) is 0 Å². The van der Waals surface area contributed by atoms with E-state index in [0.717, 1.165) is 23.2 Å². The molecular formula is C16H26BrNO. The maximum atomic E-state index is 5.56. The molecule has 1 N–H and O–H groups in total. The van der Waals surface area contributed by atoms with Gasteiger partial charge in [0.2, 0.25) is 0 Å². The van der Waals surface area contributed by atoms with E-state index >= 15 is 0 Å². The highest BCUT2D eigenvalue weighted by Crippen LogP contribution is 2.33. The molecule has 2 nitrogen and oxygen atoms in total. The van der Waals surface area contributed by atoms with Gasteiger partial charge in [-0.25, -0.2) is 0 Å². The lowest BCUT2D eigenvalue weighted by Crippen LogP contribution is -2.25. The monoisotopic (exact) mass is 327 g/mol. The third kappa shape index (κ3) is 5.53. The first-order chi connectivity index (χ1) is 8.87. The van der Waals surface area contributed by atoms with Crippen molar-refractivity contribution in [2.75, 3.05) is 13.2 Å². The zero-order valence-corrected chi connectivity index (χ0v) is 14.3. The molecule has 19 heavy (non-hydrogen) atoms. The van der Waals surface area contributed by atoms with E-state index in [9.17, 15) is 0 Å². The van der Waals surface area contributed by atoms with Gasteiger partial charge in [0.15, 0.2) is 0 Å². The van der Waals surface area contributed by atoms with Crippen LogP contribution in [0.5, 0.6) is 5.75 Å². The second-order valence-corrected chi connectivity index (χ2v) is 6.85. The van der Waals surface area contributed by atoms with Gasteiger partial charge in [-0.1, -0.05) is 33.8 Å². The van der Waals surface area contributed by atoms with Gasteiger partial charge in [0.25, 0.3) is 0 Å². The number of halogens is 1. The summed E-state index contributed by atoms with van der Waals surface area (Å²) in [4.78, 5) is 0. The van der Waals surface area contributed by atoms with Crippen molar-refractivity contribution in [3.63, 3.8) is 0 Å². The Bertz CT molecular complexity index is 398. The van der Waals surface area contributed by atoms with Crippen LogP contribution in [0.4, 0.5) is 0 Å². The van der Waals surface area contributed by atoms with Gasteiger partial charge in [0, 0.05) is 6.04 Å². The maximum Gasteiger partial charge on any atom is 0.133 e. The second-order valence-electron chi connectivity index (χ2n) is 6.00. The highest BCUT2D eigenvalue weighted by molar-refractivity contribution is 9.10. The number of hydrogen-bond acceptors (Lipinski definition) is 2. The van der Waals surface area contributed by atoms with Crippen LogP contribution in [0.2, 0.25) is 0 Å². The number of benzene rings is 1. The molecule has 1 rings (SSSR count). The van der Waals surface area contributed by atoms with Crippen LogP contribution in [0.15, 0.2) is 22.7 Å². The standard InChI is InChI=1S/C16H26BrNO/c1-6-18-14(11-16(3,4)5)12-8-9-15(19-7-2)13(17)10-12/h8-10,14,18H,6-7,11H2,1-5H3. The fraction of sp³-hybridized carbons (Fsp3) is 0.625. The predicted molar refractivity (Wildman–Crippen MR) is 85.8 cm³/mol. The fourth-order valence-electron chi connectivity index (χ4n) is 2.17. The van der Waals surface area contributed by atoms with Gasteiger partial charge in [-0.15, -0.1) is 0 Å². The van der Waals surface area contributed by atoms with Crippen LogP contribution in [0.3, 0.4) is 0 Å². The molecule has 1 aromatic carbocycles. The summed E-state index contributed by atoms with van der Waals surface area (Å²) in [6, 6.07) is 6.77. The SMILES string of the molecule is CCNC(CC(C)(C)C)c1ccc(OCC)c(Br)c1. The number of rotatable bonds is 6. The highest BCUT2D eigenvalue weighted by Gasteiger charge is 2.20. The largest absolute Gasteiger partial charge is 0.493 e. The summed E-state index contributed by atoms with van der Waals surface area (Å²) in [7, 11) is 0. The molecule has 0 aliphatic rings. The fourth-order valence-corrected chi connectivity index (χ4v) is 2.68. The molecule has 0 saturated carbocycles. The average Bonchev–Trinajstić information content (AvgIpc) is 2.30. The molecule has 1 atom stereocenters. The van der Waals surface area contributed by atoms with Crippen LogP contribution >= 0.6 is 15.9 Å². The highest BCUT2D eigenvalue weighted by atomic mass is 79.9. The molecule has 108 valence electrons. The molecule has 1 aromatic rings. The van der Waals surface area contributed by atoms with Gasteiger partial charge < -0.3 is 10.1 Å². The van der Waals surface area contributed by atoms with Crippen LogP contribution in [-0.2, 0) is 0 Å². The summed E-state index contributed by atoms with van der Waals surface area (Å²) in [6.45, 7) is 12.7. The minimum atomic E-state index is 0.303. The Hall–Kier alpha value is -0.540. The number of nitrogens with one attached hydrogen (secondary N) is 1. The summed E-state index contributed by atoms with van der Waals surface area (Å²) >= 11 is 3.59. The first-order valence-electron chi connectivity index (χ1n) is 7.03. The molecule has 0 fully saturated rings. The molecule has 0 amide bonds. The van der Waals surface area contributed by atoms with Crippen LogP contribution in [0, 0.1) is 5.41 Å². The molecule has 0 aliphatic carbocycles. The third-order valence-electron chi connectivity index (χ3n) is 2.93. The van der Waals surface area contributed by atoms with Crippen LogP contribution in [0.25, 0.3) is 0 Å². The third-order valence-corrected chi connectivity index (χ3v) is 3.54. The maximum absolute atomic E-state index is 5.56. The van der Waals surface area contributed by atoms with E-state index in [-0.39, 0.29) is 0 Å². The molecule has 0 aliphatic heterocycles. The zero-order valence-electron chi connectivity index (χ0n) is 12.7. The summed E-state index contributed by atoms with van der Waals surface area (Å²) in [5.41, 5.74) is 1.62. The Morgan fingerprint density at radius 3 is 2.42 bits per heavy atom. The van der Waals surface area contributed by atoms with Crippen molar-refractivity contribution in [1.29, 1.82) is 0 Å². The van der Waals surface area contributed by atoms with E-state index in [1.54, 1.807) is 0 Å². The van der Waals surface area contributed by atoms with Gasteiger partial charge in [0.05, 0.1) is 11.1 Å². The van der Waals surface area contributed by atoms with Gasteiger partial charge in [-0.05, 0) is 58.9 Å². The molecule has 0 radical (unpaired) electrons. The minimum absolute atomic E-state index is 0.303. The summed E-state index contributed by atoms with van der Waals surface area (Å²) in [5.74, 6) is 0.914. The normalized spacial score (nSPS) is 13.4. The van der Waals surface area contributed by atoms with Gasteiger partial charge in [-0.3, -0.25) is 0 Å². The summed E-state index contributed by atoms with van der Waals surface area (Å²) < 4.78 is 6.60. The molecular weight excluding hydrogens is 302 g/mol. The molecule has 0 bridgehead atoms. The van der Waals surface area contributed by atoms with E-state index in [2.05, 4.69) is 67.1 Å². The van der Waals surface area contributed by atoms with Crippen LogP contribution in [0.1, 0.15) is 52.6 Å². The van der Waals surface area contributed by atoms with Crippen molar-refractivity contribution >= 4 is 15.9 Å². The van der Waals surface area contributed by atoms with E-state index in [4.69, 9.17) is 4.74 Å². The topological polar surface area (TPSA) is 21.3 Å². The quantitative estimate of drug-likeness (QED) is 0.799. The average molecular weight is 328 g/mol. The first kappa shape index (κ1) is 16.5. The molecule has 0 aromatic heterocycles. The Morgan fingerprint density at radius 2 is 1.95 bits per heavy atom. The van der Waals surface area contributed by atoms with Crippen molar-refractivity contribution in [2.45, 2.75) is 47.1 Å². The Labute approximate surface area is 126 Å². The van der Waals surface area contributed by atoms with Gasteiger partial charge in [0.1, 0.15) is 5.75 Å². The minimum Gasteiger partial charge on any atom is -0.493 e. The van der Waals surface area contributed by atoms with Crippen molar-refractivity contribution in [2.24, 2.45) is 5.41 Å².